The molecule has 1 heterocycles. The summed E-state index contributed by atoms with van der Waals surface area (Å²) in [6.45, 7) is 2.97. The highest BCUT2D eigenvalue weighted by atomic mass is 16.5. The van der Waals surface area contributed by atoms with Crippen molar-refractivity contribution >= 4 is 16.7 Å². The van der Waals surface area contributed by atoms with Gasteiger partial charge in [-0.05, 0) is 41.0 Å². The van der Waals surface area contributed by atoms with E-state index in [0.717, 1.165) is 17.9 Å². The third-order valence-electron chi connectivity index (χ3n) is 5.59. The number of hydrogen-bond donors (Lipinski definition) is 1. The Balaban J connectivity index is 1.70. The van der Waals surface area contributed by atoms with Crippen LogP contribution >= 0.6 is 0 Å². The lowest BCUT2D eigenvalue weighted by molar-refractivity contribution is -0.148. The average Bonchev–Trinajstić information content (AvgIpc) is 3.19. The van der Waals surface area contributed by atoms with Gasteiger partial charge in [-0.2, -0.15) is 0 Å². The van der Waals surface area contributed by atoms with Crippen LogP contribution in [0.4, 0.5) is 0 Å². The van der Waals surface area contributed by atoms with Crippen molar-refractivity contribution in [2.24, 2.45) is 5.92 Å². The van der Waals surface area contributed by atoms with Crippen molar-refractivity contribution in [3.8, 4) is 5.75 Å². The minimum absolute atomic E-state index is 0.0655. The maximum Gasteiger partial charge on any atom is 0.311 e. The van der Waals surface area contributed by atoms with Gasteiger partial charge in [0.15, 0.2) is 0 Å². The summed E-state index contributed by atoms with van der Waals surface area (Å²) in [5.74, 6) is 0.456. The first-order chi connectivity index (χ1) is 13.7. The molecule has 4 heteroatoms. The molecule has 0 amide bonds. The van der Waals surface area contributed by atoms with E-state index in [2.05, 4.69) is 35.6 Å². The molecule has 1 fully saturated rings. The third-order valence-corrected chi connectivity index (χ3v) is 5.59. The lowest BCUT2D eigenvalue weighted by Crippen LogP contribution is -2.27. The maximum absolute atomic E-state index is 12.9. The molecule has 1 aliphatic heterocycles. The molecule has 0 aromatic heterocycles. The van der Waals surface area contributed by atoms with Crippen LogP contribution in [0.3, 0.4) is 0 Å². The number of carbonyl (C=O) groups excluding carboxylic acids is 1. The number of carbonyl (C=O) groups is 1. The van der Waals surface area contributed by atoms with Crippen LogP contribution in [-0.4, -0.2) is 26.2 Å². The lowest BCUT2D eigenvalue weighted by atomic mass is 9.82. The average molecular weight is 375 g/mol. The van der Waals surface area contributed by atoms with E-state index >= 15 is 0 Å². The fraction of sp³-hybridized carbons (Fsp3) is 0.292. The van der Waals surface area contributed by atoms with Gasteiger partial charge in [-0.15, -0.1) is 0 Å². The number of nitrogens with one attached hydrogen (secondary N) is 1. The van der Waals surface area contributed by atoms with Crippen molar-refractivity contribution in [3.05, 3.63) is 77.9 Å². The molecule has 28 heavy (non-hydrogen) atoms. The molecule has 1 N–H and O–H groups in total. The zero-order valence-electron chi connectivity index (χ0n) is 16.2. The second-order valence-electron chi connectivity index (χ2n) is 7.15. The fourth-order valence-electron chi connectivity index (χ4n) is 4.18. The smallest absolute Gasteiger partial charge is 0.311 e. The molecule has 4 nitrogen and oxygen atoms in total. The summed E-state index contributed by atoms with van der Waals surface area (Å²) in [4.78, 5) is 12.9. The summed E-state index contributed by atoms with van der Waals surface area (Å²) >= 11 is 0. The Bertz CT molecular complexity index is 967. The Kier molecular flexibility index (Phi) is 5.31. The number of hydrogen-bond acceptors (Lipinski definition) is 4. The van der Waals surface area contributed by atoms with E-state index in [-0.39, 0.29) is 23.8 Å². The van der Waals surface area contributed by atoms with E-state index in [1.54, 1.807) is 7.11 Å². The van der Waals surface area contributed by atoms with Crippen LogP contribution in [0.1, 0.15) is 30.0 Å². The number of fused-ring (bicyclic) bond motifs is 1. The Labute approximate surface area is 165 Å². The monoisotopic (exact) mass is 375 g/mol. The van der Waals surface area contributed by atoms with Gasteiger partial charge in [0.05, 0.1) is 19.6 Å². The molecule has 144 valence electrons. The Morgan fingerprint density at radius 2 is 1.71 bits per heavy atom. The first-order valence-corrected chi connectivity index (χ1v) is 9.74. The Morgan fingerprint density at radius 3 is 2.43 bits per heavy atom. The zero-order chi connectivity index (χ0) is 19.5. The number of methoxy groups -OCH3 is 1. The van der Waals surface area contributed by atoms with E-state index < -0.39 is 0 Å². The molecule has 0 bridgehead atoms. The molecule has 0 radical (unpaired) electrons. The van der Waals surface area contributed by atoms with Gasteiger partial charge < -0.3 is 14.8 Å². The van der Waals surface area contributed by atoms with Crippen LogP contribution in [0.15, 0.2) is 66.7 Å². The van der Waals surface area contributed by atoms with Gasteiger partial charge in [0.2, 0.25) is 0 Å². The van der Waals surface area contributed by atoms with Crippen LogP contribution in [0.2, 0.25) is 0 Å². The minimum Gasteiger partial charge on any atom is -0.497 e. The SMILES string of the molecule is CCOC(=O)[C@@H]1[C@@H](c2ccc3ccccc3c2)CN[C@H]1c1ccc(OC)cc1. The predicted molar refractivity (Wildman–Crippen MR) is 111 cm³/mol. The van der Waals surface area contributed by atoms with Gasteiger partial charge in [0.25, 0.3) is 0 Å². The van der Waals surface area contributed by atoms with Crippen molar-refractivity contribution in [3.63, 3.8) is 0 Å². The maximum atomic E-state index is 12.9. The highest BCUT2D eigenvalue weighted by Crippen LogP contribution is 2.41. The van der Waals surface area contributed by atoms with Gasteiger partial charge in [-0.3, -0.25) is 4.79 Å². The number of ether oxygens (including phenoxy) is 2. The summed E-state index contributed by atoms with van der Waals surface area (Å²) in [7, 11) is 1.65. The summed E-state index contributed by atoms with van der Waals surface area (Å²) in [5.41, 5.74) is 2.24. The van der Waals surface area contributed by atoms with Gasteiger partial charge in [-0.1, -0.05) is 54.6 Å². The molecular formula is C24H25NO3. The second kappa shape index (κ2) is 8.03. The topological polar surface area (TPSA) is 47.6 Å². The van der Waals surface area contributed by atoms with Crippen LogP contribution in [-0.2, 0) is 9.53 Å². The molecule has 1 saturated heterocycles. The van der Waals surface area contributed by atoms with E-state index in [0.29, 0.717) is 6.61 Å². The molecule has 3 aromatic rings. The molecule has 0 saturated carbocycles. The van der Waals surface area contributed by atoms with Gasteiger partial charge in [0.1, 0.15) is 5.75 Å². The van der Waals surface area contributed by atoms with Gasteiger partial charge >= 0.3 is 5.97 Å². The van der Waals surface area contributed by atoms with Crippen molar-refractivity contribution < 1.29 is 14.3 Å². The molecule has 1 aliphatic rings. The Hall–Kier alpha value is -2.85. The van der Waals surface area contributed by atoms with Crippen molar-refractivity contribution in [2.45, 2.75) is 18.9 Å². The molecule has 0 unspecified atom stereocenters. The minimum atomic E-state index is -0.269. The molecule has 4 rings (SSSR count). The highest BCUT2D eigenvalue weighted by Gasteiger charge is 2.43. The van der Waals surface area contributed by atoms with Crippen LogP contribution in [0, 0.1) is 5.92 Å². The molecule has 3 aromatic carbocycles. The van der Waals surface area contributed by atoms with Crippen LogP contribution in [0.5, 0.6) is 5.75 Å². The van der Waals surface area contributed by atoms with Crippen molar-refractivity contribution in [1.29, 1.82) is 0 Å². The van der Waals surface area contributed by atoms with Gasteiger partial charge in [-0.25, -0.2) is 0 Å². The third kappa shape index (κ3) is 3.48. The lowest BCUT2D eigenvalue weighted by Gasteiger charge is -2.23. The van der Waals surface area contributed by atoms with Crippen molar-refractivity contribution in [1.82, 2.24) is 5.32 Å². The summed E-state index contributed by atoms with van der Waals surface area (Å²) < 4.78 is 10.7. The van der Waals surface area contributed by atoms with E-state index in [4.69, 9.17) is 9.47 Å². The van der Waals surface area contributed by atoms with E-state index in [9.17, 15) is 4.79 Å². The normalized spacial score (nSPS) is 21.6. The molecular weight excluding hydrogens is 350 g/mol. The van der Waals surface area contributed by atoms with Crippen LogP contribution < -0.4 is 10.1 Å². The van der Waals surface area contributed by atoms with Crippen LogP contribution in [0.25, 0.3) is 10.8 Å². The summed E-state index contributed by atoms with van der Waals surface area (Å²) in [6.07, 6.45) is 0. The number of rotatable bonds is 5. The van der Waals surface area contributed by atoms with Gasteiger partial charge in [0, 0.05) is 18.5 Å². The molecule has 0 aliphatic carbocycles. The first-order valence-electron chi connectivity index (χ1n) is 9.74. The molecule has 0 spiro atoms. The Morgan fingerprint density at radius 1 is 1.00 bits per heavy atom. The number of benzene rings is 3. The fourth-order valence-corrected chi connectivity index (χ4v) is 4.18. The quantitative estimate of drug-likeness (QED) is 0.669. The largest absolute Gasteiger partial charge is 0.497 e. The standard InChI is InChI=1S/C24H25NO3/c1-3-28-24(26)22-21(19-9-8-16-6-4-5-7-18(16)14-19)15-25-23(22)17-10-12-20(27-2)13-11-17/h4-14,21-23,25H,3,15H2,1-2H3/t21-,22-,23+/m1/s1. The highest BCUT2D eigenvalue weighted by molar-refractivity contribution is 5.83. The zero-order valence-corrected chi connectivity index (χ0v) is 16.2. The first kappa shape index (κ1) is 18.5. The number of esters is 1. The molecule has 3 atom stereocenters. The second-order valence-corrected chi connectivity index (χ2v) is 7.15. The van der Waals surface area contributed by atoms with E-state index in [1.165, 1.54) is 16.3 Å². The summed E-state index contributed by atoms with van der Waals surface area (Å²) in [6, 6.07) is 22.6. The summed E-state index contributed by atoms with van der Waals surface area (Å²) in [5, 5.41) is 5.95. The van der Waals surface area contributed by atoms with E-state index in [1.807, 2.05) is 43.3 Å². The predicted octanol–water partition coefficient (Wildman–Crippen LogP) is 4.46. The van der Waals surface area contributed by atoms with Crippen molar-refractivity contribution in [2.75, 3.05) is 20.3 Å².